The number of rotatable bonds is 9. The minimum atomic E-state index is -6.09. The number of alkyl halides is 3. The Kier molecular flexibility index (Phi) is 9.66. The third-order valence-electron chi connectivity index (χ3n) is 11.3. The number of methoxy groups -OCH3 is 2. The van der Waals surface area contributed by atoms with E-state index in [0.717, 1.165) is 7.11 Å². The van der Waals surface area contributed by atoms with Gasteiger partial charge in [0.15, 0.2) is 38.1 Å². The van der Waals surface area contributed by atoms with Gasteiger partial charge in [-0.25, -0.2) is 0 Å². The maximum atomic E-state index is 13.5. The van der Waals surface area contributed by atoms with Crippen LogP contribution >= 0.6 is 0 Å². The summed E-state index contributed by atoms with van der Waals surface area (Å²) >= 11 is 0. The van der Waals surface area contributed by atoms with Crippen LogP contribution in [0.3, 0.4) is 0 Å². The van der Waals surface area contributed by atoms with Crippen molar-refractivity contribution in [1.29, 1.82) is 5.26 Å². The summed E-state index contributed by atoms with van der Waals surface area (Å²) < 4.78 is 105. The molecule has 6 rings (SSSR count). The number of fused-ring (bicyclic) bond motifs is 9. The van der Waals surface area contributed by atoms with Crippen molar-refractivity contribution in [2.24, 2.45) is 0 Å². The number of nitriles is 1. The molecule has 5 atom stereocenters. The highest BCUT2D eigenvalue weighted by molar-refractivity contribution is 7.88. The standard InChI is InChI=1S/C34H44F3N3O10SSi/c1-17-28(41)19-12-21-27-25-18(11-24(50-51(42,43)34(35,36)37)30(45-7)31(25)46-15-44-6)10-20(39(27)5)22(13-38)40(21)23(14-49-52(8,9)33(2,3)4)26(19)32-29(17)47-16-48-32/h11,20-23,27,41H,10,12,14-16H2,1-9H3/t20-,21-,22-,23-,27-/m0/s1. The number of phenols is 1. The quantitative estimate of drug-likeness (QED) is 0.149. The molecule has 1 saturated heterocycles. The van der Waals surface area contributed by atoms with Crippen LogP contribution in [0.1, 0.15) is 60.7 Å². The van der Waals surface area contributed by atoms with E-state index in [4.69, 9.17) is 28.1 Å². The fraction of sp³-hybridized carbons (Fsp3) is 0.618. The lowest BCUT2D eigenvalue weighted by atomic mass is 9.72. The fourth-order valence-electron chi connectivity index (χ4n) is 7.74. The van der Waals surface area contributed by atoms with E-state index in [2.05, 4.69) is 49.0 Å². The molecule has 18 heteroatoms. The topological polar surface area (TPSA) is 149 Å². The van der Waals surface area contributed by atoms with E-state index in [1.165, 1.54) is 13.2 Å². The van der Waals surface area contributed by atoms with Crippen LogP contribution in [0.2, 0.25) is 18.1 Å². The summed E-state index contributed by atoms with van der Waals surface area (Å²) in [7, 11) is -4.09. The zero-order valence-electron chi connectivity index (χ0n) is 30.5. The number of hydrogen-bond donors (Lipinski definition) is 1. The molecule has 0 spiro atoms. The van der Waals surface area contributed by atoms with E-state index < -0.39 is 59.9 Å². The smallest absolute Gasteiger partial charge is 0.507 e. The molecule has 0 saturated carbocycles. The molecule has 0 unspecified atom stereocenters. The van der Waals surface area contributed by atoms with Crippen molar-refractivity contribution in [3.63, 3.8) is 0 Å². The van der Waals surface area contributed by atoms with E-state index in [9.17, 15) is 32.0 Å². The molecule has 286 valence electrons. The summed E-state index contributed by atoms with van der Waals surface area (Å²) in [5, 5.41) is 22.5. The second kappa shape index (κ2) is 13.1. The maximum absolute atomic E-state index is 13.5. The Morgan fingerprint density at radius 3 is 2.35 bits per heavy atom. The van der Waals surface area contributed by atoms with Crippen molar-refractivity contribution < 1.29 is 59.0 Å². The summed E-state index contributed by atoms with van der Waals surface area (Å²) in [6.45, 7) is 12.2. The molecule has 2 bridgehead atoms. The van der Waals surface area contributed by atoms with Gasteiger partial charge in [-0.2, -0.15) is 26.9 Å². The summed E-state index contributed by atoms with van der Waals surface area (Å²) in [4.78, 5) is 4.13. The monoisotopic (exact) mass is 771 g/mol. The zero-order valence-corrected chi connectivity index (χ0v) is 32.3. The summed E-state index contributed by atoms with van der Waals surface area (Å²) in [6, 6.07) is 0.644. The Bertz CT molecular complexity index is 1910. The molecule has 13 nitrogen and oxygen atoms in total. The Balaban J connectivity index is 1.59. The van der Waals surface area contributed by atoms with Crippen molar-refractivity contribution in [3.8, 4) is 40.6 Å². The van der Waals surface area contributed by atoms with Crippen molar-refractivity contribution in [3.05, 3.63) is 33.9 Å². The largest absolute Gasteiger partial charge is 0.534 e. The van der Waals surface area contributed by atoms with Gasteiger partial charge in [-0.3, -0.25) is 9.80 Å². The molecule has 2 aromatic carbocycles. The third kappa shape index (κ3) is 5.93. The van der Waals surface area contributed by atoms with Gasteiger partial charge in [0, 0.05) is 41.4 Å². The molecule has 0 amide bonds. The van der Waals surface area contributed by atoms with E-state index >= 15 is 0 Å². The summed E-state index contributed by atoms with van der Waals surface area (Å²) in [5.74, 6) is -0.200. The van der Waals surface area contributed by atoms with E-state index in [0.29, 0.717) is 39.3 Å². The van der Waals surface area contributed by atoms with Gasteiger partial charge in [0.25, 0.3) is 0 Å². The van der Waals surface area contributed by atoms with Crippen LogP contribution in [0.25, 0.3) is 0 Å². The average molecular weight is 772 g/mol. The normalized spacial score (nSPS) is 24.4. The molecule has 4 aliphatic rings. The second-order valence-electron chi connectivity index (χ2n) is 15.0. The molecule has 0 radical (unpaired) electrons. The number of ether oxygens (including phenoxy) is 5. The molecular weight excluding hydrogens is 728 g/mol. The zero-order chi connectivity index (χ0) is 38.3. The number of likely N-dealkylation sites (N-methyl/N-ethyl adjacent to an activating group) is 1. The molecule has 0 aliphatic carbocycles. The molecule has 2 aromatic rings. The number of hydrogen-bond acceptors (Lipinski definition) is 13. The Morgan fingerprint density at radius 2 is 1.75 bits per heavy atom. The average Bonchev–Trinajstić information content (AvgIpc) is 3.54. The SMILES string of the molecule is COCOc1c(OC)c(OS(=O)(=O)C(F)(F)F)cc2c1[C@@H]1[C@@H]3Cc4c(O)c(C)c5c(c4[C@H](CO[Si](C)(C)C(C)(C)C)N3[C@@H](C#N)[C@H](C2)N1C)OCO5. The first-order valence-electron chi connectivity index (χ1n) is 16.7. The molecule has 0 aromatic heterocycles. The minimum absolute atomic E-state index is 0.0279. The first-order chi connectivity index (χ1) is 24.2. The van der Waals surface area contributed by atoms with Gasteiger partial charge in [0.1, 0.15) is 11.8 Å². The van der Waals surface area contributed by atoms with Gasteiger partial charge in [-0.05, 0) is 56.6 Å². The van der Waals surface area contributed by atoms with Crippen LogP contribution in [-0.4, -0.2) is 96.7 Å². The van der Waals surface area contributed by atoms with Crippen LogP contribution in [0.5, 0.6) is 34.5 Å². The Hall–Kier alpha value is -3.47. The van der Waals surface area contributed by atoms with E-state index in [1.807, 2.05) is 11.9 Å². The van der Waals surface area contributed by atoms with Gasteiger partial charge in [-0.15, -0.1) is 0 Å². The fourth-order valence-corrected chi connectivity index (χ4v) is 9.20. The van der Waals surface area contributed by atoms with Crippen LogP contribution in [0.4, 0.5) is 13.2 Å². The maximum Gasteiger partial charge on any atom is 0.534 e. The van der Waals surface area contributed by atoms with E-state index in [1.54, 1.807) is 6.92 Å². The van der Waals surface area contributed by atoms with Gasteiger partial charge in [-0.1, -0.05) is 20.8 Å². The van der Waals surface area contributed by atoms with Gasteiger partial charge in [0.2, 0.25) is 12.5 Å². The molecule has 4 heterocycles. The van der Waals surface area contributed by atoms with Gasteiger partial charge < -0.3 is 37.4 Å². The second-order valence-corrected chi connectivity index (χ2v) is 21.4. The van der Waals surface area contributed by atoms with Crippen LogP contribution in [-0.2, 0) is 32.1 Å². The highest BCUT2D eigenvalue weighted by Gasteiger charge is 2.58. The predicted octanol–water partition coefficient (Wildman–Crippen LogP) is 5.44. The van der Waals surface area contributed by atoms with Gasteiger partial charge >= 0.3 is 15.6 Å². The number of aromatic hydroxyl groups is 1. The molecule has 4 aliphatic heterocycles. The predicted molar refractivity (Wildman–Crippen MR) is 183 cm³/mol. The lowest BCUT2D eigenvalue weighted by Gasteiger charge is -2.60. The van der Waals surface area contributed by atoms with Crippen LogP contribution in [0, 0.1) is 18.3 Å². The van der Waals surface area contributed by atoms with Crippen LogP contribution in [0.15, 0.2) is 6.07 Å². The number of halogens is 3. The summed E-state index contributed by atoms with van der Waals surface area (Å²) in [6.07, 6.45) is 0.334. The van der Waals surface area contributed by atoms with Crippen molar-refractivity contribution >= 4 is 18.4 Å². The Labute approximate surface area is 302 Å². The Morgan fingerprint density at radius 1 is 1.08 bits per heavy atom. The van der Waals surface area contributed by atoms with Crippen LogP contribution < -0.4 is 23.1 Å². The van der Waals surface area contributed by atoms with Crippen molar-refractivity contribution in [2.75, 3.05) is 41.5 Å². The molecular formula is C34H44F3N3O10SSi. The highest BCUT2D eigenvalue weighted by Crippen LogP contribution is 2.59. The number of nitrogens with zero attached hydrogens (tertiary/aromatic N) is 3. The lowest BCUT2D eigenvalue weighted by Crippen LogP contribution is -2.68. The molecule has 1 N–H and O–H groups in total. The number of piperazine rings is 1. The highest BCUT2D eigenvalue weighted by atomic mass is 32.2. The molecule has 1 fully saturated rings. The number of benzene rings is 2. The first-order valence-corrected chi connectivity index (χ1v) is 21.0. The van der Waals surface area contributed by atoms with Gasteiger partial charge in [0.05, 0.1) is 31.9 Å². The summed E-state index contributed by atoms with van der Waals surface area (Å²) in [5.41, 5.74) is -3.01. The van der Waals surface area contributed by atoms with E-state index in [-0.39, 0.29) is 55.3 Å². The minimum Gasteiger partial charge on any atom is -0.507 e. The van der Waals surface area contributed by atoms with Crippen molar-refractivity contribution in [1.82, 2.24) is 9.80 Å². The number of phenolic OH excluding ortho intramolecular Hbond substituents is 1. The first kappa shape index (κ1) is 38.3. The molecule has 52 heavy (non-hydrogen) atoms. The third-order valence-corrected chi connectivity index (χ3v) is 16.7. The van der Waals surface area contributed by atoms with Crippen molar-refractivity contribution in [2.45, 2.75) is 94.4 Å². The lowest BCUT2D eigenvalue weighted by molar-refractivity contribution is -0.0821.